The SMILES string of the molecule is CCCCCC(C)(O)CCCC(C)(O)CCCC(C)CCC1=CC(O)C(C)C(C)C1SC. The molecule has 3 nitrogen and oxygen atoms in total. The van der Waals surface area contributed by atoms with E-state index in [0.717, 1.165) is 64.2 Å². The summed E-state index contributed by atoms with van der Waals surface area (Å²) in [5, 5.41) is 32.2. The Bertz CT molecular complexity index is 543. The van der Waals surface area contributed by atoms with E-state index < -0.39 is 11.2 Å². The summed E-state index contributed by atoms with van der Waals surface area (Å²) in [7, 11) is 0. The molecule has 0 bridgehead atoms. The standard InChI is InChI=1S/C28H54O3S/c1-8-9-10-16-27(5,30)18-12-19-28(6,31)17-11-13-21(2)14-15-24-20-25(29)22(3)23(4)26(24)32-7/h20-23,25-26,29-31H,8-19H2,1-7H3. The summed E-state index contributed by atoms with van der Waals surface area (Å²) in [5.41, 5.74) is 0.205. The van der Waals surface area contributed by atoms with Crippen molar-refractivity contribution in [1.82, 2.24) is 0 Å². The highest BCUT2D eigenvalue weighted by Crippen LogP contribution is 2.39. The normalized spacial score (nSPS) is 28.6. The molecule has 0 saturated heterocycles. The Hall–Kier alpha value is -0.0300. The third-order valence-corrected chi connectivity index (χ3v) is 9.18. The van der Waals surface area contributed by atoms with Crippen LogP contribution in [-0.4, -0.2) is 44.1 Å². The van der Waals surface area contributed by atoms with Crippen molar-refractivity contribution in [3.8, 4) is 0 Å². The van der Waals surface area contributed by atoms with E-state index in [4.69, 9.17) is 0 Å². The summed E-state index contributed by atoms with van der Waals surface area (Å²) in [6, 6.07) is 0. The molecular weight excluding hydrogens is 416 g/mol. The molecule has 1 aliphatic carbocycles. The Balaban J connectivity index is 2.32. The Labute approximate surface area is 203 Å². The summed E-state index contributed by atoms with van der Waals surface area (Å²) >= 11 is 1.92. The topological polar surface area (TPSA) is 60.7 Å². The van der Waals surface area contributed by atoms with Crippen molar-refractivity contribution in [2.24, 2.45) is 17.8 Å². The molecule has 7 unspecified atom stereocenters. The number of unbranched alkanes of at least 4 members (excludes halogenated alkanes) is 2. The second kappa shape index (κ2) is 14.4. The first kappa shape index (κ1) is 30.0. The van der Waals surface area contributed by atoms with Gasteiger partial charge in [0.25, 0.3) is 0 Å². The average molecular weight is 471 g/mol. The van der Waals surface area contributed by atoms with Crippen molar-refractivity contribution in [1.29, 1.82) is 0 Å². The molecule has 3 N–H and O–H groups in total. The molecule has 0 radical (unpaired) electrons. The van der Waals surface area contributed by atoms with Crippen LogP contribution >= 0.6 is 11.8 Å². The van der Waals surface area contributed by atoms with Gasteiger partial charge in [-0.3, -0.25) is 0 Å². The quantitative estimate of drug-likeness (QED) is 0.166. The van der Waals surface area contributed by atoms with Crippen molar-refractivity contribution in [3.63, 3.8) is 0 Å². The van der Waals surface area contributed by atoms with E-state index in [2.05, 4.69) is 40.0 Å². The lowest BCUT2D eigenvalue weighted by Crippen LogP contribution is -2.35. The largest absolute Gasteiger partial charge is 0.390 e. The first-order valence-electron chi connectivity index (χ1n) is 13.3. The molecule has 0 saturated carbocycles. The maximum atomic E-state index is 10.8. The molecular formula is C28H54O3S. The highest BCUT2D eigenvalue weighted by molar-refractivity contribution is 7.99. The van der Waals surface area contributed by atoms with Gasteiger partial charge >= 0.3 is 0 Å². The lowest BCUT2D eigenvalue weighted by atomic mass is 9.78. The molecule has 0 aromatic carbocycles. The third-order valence-electron chi connectivity index (χ3n) is 7.94. The van der Waals surface area contributed by atoms with Gasteiger partial charge in [0, 0.05) is 5.25 Å². The van der Waals surface area contributed by atoms with Crippen LogP contribution in [0, 0.1) is 17.8 Å². The minimum Gasteiger partial charge on any atom is -0.390 e. The van der Waals surface area contributed by atoms with Crippen molar-refractivity contribution >= 4 is 11.8 Å². The number of hydrogen-bond donors (Lipinski definition) is 3. The highest BCUT2D eigenvalue weighted by Gasteiger charge is 2.33. The van der Waals surface area contributed by atoms with Gasteiger partial charge in [0.1, 0.15) is 0 Å². The van der Waals surface area contributed by atoms with Gasteiger partial charge in [0.05, 0.1) is 17.3 Å². The van der Waals surface area contributed by atoms with Gasteiger partial charge < -0.3 is 15.3 Å². The Morgan fingerprint density at radius 1 is 0.906 bits per heavy atom. The van der Waals surface area contributed by atoms with Gasteiger partial charge in [-0.05, 0) is 82.8 Å². The van der Waals surface area contributed by atoms with Crippen LogP contribution in [0.3, 0.4) is 0 Å². The molecule has 0 aromatic rings. The second-order valence-corrected chi connectivity index (χ2v) is 12.4. The smallest absolute Gasteiger partial charge is 0.0752 e. The van der Waals surface area contributed by atoms with Crippen LogP contribution in [0.15, 0.2) is 11.6 Å². The van der Waals surface area contributed by atoms with Crippen LogP contribution < -0.4 is 0 Å². The first-order chi connectivity index (χ1) is 14.9. The molecule has 1 rings (SSSR count). The summed E-state index contributed by atoms with van der Waals surface area (Å²) in [6.45, 7) is 12.9. The summed E-state index contributed by atoms with van der Waals surface area (Å²) in [5.74, 6) is 1.47. The molecule has 190 valence electrons. The van der Waals surface area contributed by atoms with Gasteiger partial charge in [-0.2, -0.15) is 11.8 Å². The Kier molecular flexibility index (Phi) is 13.5. The van der Waals surface area contributed by atoms with Gasteiger partial charge in [0.2, 0.25) is 0 Å². The minimum absolute atomic E-state index is 0.304. The van der Waals surface area contributed by atoms with Crippen molar-refractivity contribution in [2.75, 3.05) is 6.26 Å². The van der Waals surface area contributed by atoms with E-state index in [-0.39, 0.29) is 6.10 Å². The van der Waals surface area contributed by atoms with E-state index in [1.54, 1.807) is 0 Å². The van der Waals surface area contributed by atoms with Crippen LogP contribution in [0.2, 0.25) is 0 Å². The zero-order valence-electron chi connectivity index (χ0n) is 22.2. The zero-order valence-corrected chi connectivity index (χ0v) is 23.0. The summed E-state index contributed by atoms with van der Waals surface area (Å²) < 4.78 is 0. The number of thioether (sulfide) groups is 1. The van der Waals surface area contributed by atoms with Crippen molar-refractivity contribution in [2.45, 2.75) is 141 Å². The van der Waals surface area contributed by atoms with Gasteiger partial charge in [-0.1, -0.05) is 71.4 Å². The van der Waals surface area contributed by atoms with Crippen molar-refractivity contribution in [3.05, 3.63) is 11.6 Å². The molecule has 0 spiro atoms. The predicted molar refractivity (Wildman–Crippen MR) is 141 cm³/mol. The number of rotatable bonds is 16. The van der Waals surface area contributed by atoms with Crippen molar-refractivity contribution < 1.29 is 15.3 Å². The second-order valence-electron chi connectivity index (χ2n) is 11.4. The number of aliphatic hydroxyl groups is 3. The van der Waals surface area contributed by atoms with E-state index in [1.807, 2.05) is 25.6 Å². The molecule has 0 fully saturated rings. The van der Waals surface area contributed by atoms with Gasteiger partial charge in [-0.25, -0.2) is 0 Å². The molecule has 0 aromatic heterocycles. The molecule has 32 heavy (non-hydrogen) atoms. The van der Waals surface area contributed by atoms with Gasteiger partial charge in [-0.15, -0.1) is 0 Å². The van der Waals surface area contributed by atoms with Gasteiger partial charge in [0.15, 0.2) is 0 Å². The third kappa shape index (κ3) is 10.9. The minimum atomic E-state index is -0.634. The fraction of sp³-hybridized carbons (Fsp3) is 0.929. The summed E-state index contributed by atoms with van der Waals surface area (Å²) in [6.07, 6.45) is 16.0. The molecule has 1 aliphatic rings. The average Bonchev–Trinajstić information content (AvgIpc) is 2.70. The Morgan fingerprint density at radius 3 is 2.03 bits per heavy atom. The summed E-state index contributed by atoms with van der Waals surface area (Å²) in [4.78, 5) is 0. The number of hydrogen-bond acceptors (Lipinski definition) is 4. The lowest BCUT2D eigenvalue weighted by Gasteiger charge is -2.37. The fourth-order valence-electron chi connectivity index (χ4n) is 5.23. The van der Waals surface area contributed by atoms with E-state index in [0.29, 0.717) is 23.0 Å². The first-order valence-corrected chi connectivity index (χ1v) is 14.6. The molecule has 0 aliphatic heterocycles. The van der Waals surface area contributed by atoms with E-state index >= 15 is 0 Å². The van der Waals surface area contributed by atoms with Crippen LogP contribution in [0.1, 0.15) is 119 Å². The predicted octanol–water partition coefficient (Wildman–Crippen LogP) is 7.13. The van der Waals surface area contributed by atoms with Crippen LogP contribution in [0.25, 0.3) is 0 Å². The molecule has 4 heteroatoms. The molecule has 0 amide bonds. The van der Waals surface area contributed by atoms with Crippen LogP contribution in [0.4, 0.5) is 0 Å². The molecule has 7 atom stereocenters. The maximum Gasteiger partial charge on any atom is 0.0752 e. The monoisotopic (exact) mass is 470 g/mol. The van der Waals surface area contributed by atoms with Crippen LogP contribution in [0.5, 0.6) is 0 Å². The zero-order chi connectivity index (χ0) is 24.4. The highest BCUT2D eigenvalue weighted by atomic mass is 32.2. The molecule has 0 heterocycles. The fourth-order valence-corrected chi connectivity index (χ4v) is 6.40. The lowest BCUT2D eigenvalue weighted by molar-refractivity contribution is 0.0107. The van der Waals surface area contributed by atoms with Crippen LogP contribution in [-0.2, 0) is 0 Å². The van der Waals surface area contributed by atoms with E-state index in [9.17, 15) is 15.3 Å². The maximum absolute atomic E-state index is 10.8. The Morgan fingerprint density at radius 2 is 1.47 bits per heavy atom. The van der Waals surface area contributed by atoms with E-state index in [1.165, 1.54) is 18.4 Å². The number of aliphatic hydroxyl groups excluding tert-OH is 1.